The summed E-state index contributed by atoms with van der Waals surface area (Å²) in [5.41, 5.74) is 1.18. The fourth-order valence-corrected chi connectivity index (χ4v) is 3.63. The Balaban J connectivity index is 1.68. The van der Waals surface area contributed by atoms with Crippen molar-refractivity contribution >= 4 is 5.96 Å². The maximum Gasteiger partial charge on any atom is 0.194 e. The topological polar surface area (TPSA) is 54.7 Å². The van der Waals surface area contributed by atoms with Crippen molar-refractivity contribution in [3.8, 4) is 5.75 Å². The van der Waals surface area contributed by atoms with Crippen LogP contribution in [0.3, 0.4) is 0 Å². The quantitative estimate of drug-likeness (QED) is 0.610. The van der Waals surface area contributed by atoms with Gasteiger partial charge in [-0.25, -0.2) is 9.98 Å². The molecule has 6 heteroatoms. The highest BCUT2D eigenvalue weighted by atomic mass is 16.5. The number of nitrogens with zero attached hydrogens (tertiary/aromatic N) is 4. The van der Waals surface area contributed by atoms with E-state index in [2.05, 4.69) is 51.9 Å². The maximum atomic E-state index is 5.72. The van der Waals surface area contributed by atoms with Crippen molar-refractivity contribution in [2.75, 3.05) is 19.6 Å². The van der Waals surface area contributed by atoms with E-state index in [0.29, 0.717) is 18.5 Å². The summed E-state index contributed by atoms with van der Waals surface area (Å²) in [5.74, 6) is 2.52. The lowest BCUT2D eigenvalue weighted by molar-refractivity contribution is 0.189. The van der Waals surface area contributed by atoms with Crippen molar-refractivity contribution in [2.24, 2.45) is 10.9 Å². The highest BCUT2D eigenvalue weighted by Crippen LogP contribution is 2.27. The van der Waals surface area contributed by atoms with Gasteiger partial charge in [-0.2, -0.15) is 0 Å². The van der Waals surface area contributed by atoms with Crippen molar-refractivity contribution in [3.63, 3.8) is 0 Å². The van der Waals surface area contributed by atoms with Gasteiger partial charge in [0.05, 0.1) is 25.0 Å². The van der Waals surface area contributed by atoms with Crippen LogP contribution in [0.1, 0.15) is 45.7 Å². The van der Waals surface area contributed by atoms with E-state index >= 15 is 0 Å². The summed E-state index contributed by atoms with van der Waals surface area (Å²) in [6.45, 7) is 12.0. The summed E-state index contributed by atoms with van der Waals surface area (Å²) in [4.78, 5) is 11.5. The molecular formula is C22H33N5O. The van der Waals surface area contributed by atoms with Gasteiger partial charge in [0.25, 0.3) is 0 Å². The van der Waals surface area contributed by atoms with Crippen LogP contribution in [0.15, 0.2) is 48.0 Å². The molecule has 2 unspecified atom stereocenters. The smallest absolute Gasteiger partial charge is 0.194 e. The molecular weight excluding hydrogens is 350 g/mol. The molecule has 1 aliphatic rings. The molecule has 2 aromatic rings. The number of guanidine groups is 1. The molecule has 2 heterocycles. The third-order valence-electron chi connectivity index (χ3n) is 5.17. The normalized spacial score (nSPS) is 20.5. The van der Waals surface area contributed by atoms with E-state index in [9.17, 15) is 0 Å². The minimum atomic E-state index is 0.189. The van der Waals surface area contributed by atoms with E-state index in [-0.39, 0.29) is 6.10 Å². The first-order chi connectivity index (χ1) is 13.6. The fraction of sp³-hybridized carbons (Fsp3) is 0.545. The molecule has 0 amide bonds. The molecule has 0 saturated carbocycles. The minimum Gasteiger partial charge on any atom is -0.491 e. The first-order valence-corrected chi connectivity index (χ1v) is 10.3. The SMILES string of the molecule is CCNC(=NCc1ccc(OC(C)C)cc1)N1CCC(C)C(n2ccnc2)C1. The van der Waals surface area contributed by atoms with Gasteiger partial charge >= 0.3 is 0 Å². The van der Waals surface area contributed by atoms with Gasteiger partial charge in [0.2, 0.25) is 0 Å². The number of hydrogen-bond donors (Lipinski definition) is 1. The molecule has 1 aliphatic heterocycles. The molecule has 0 bridgehead atoms. The number of imidazole rings is 1. The van der Waals surface area contributed by atoms with Gasteiger partial charge in [0.1, 0.15) is 5.75 Å². The van der Waals surface area contributed by atoms with Gasteiger partial charge in [-0.1, -0.05) is 19.1 Å². The number of ether oxygens (including phenoxy) is 1. The van der Waals surface area contributed by atoms with Gasteiger partial charge in [0, 0.05) is 32.0 Å². The highest BCUT2D eigenvalue weighted by molar-refractivity contribution is 5.80. The molecule has 3 rings (SSSR count). The van der Waals surface area contributed by atoms with Crippen molar-refractivity contribution in [1.29, 1.82) is 0 Å². The number of likely N-dealkylation sites (tertiary alicyclic amines) is 1. The van der Waals surface area contributed by atoms with Crippen molar-refractivity contribution < 1.29 is 4.74 Å². The van der Waals surface area contributed by atoms with E-state index in [0.717, 1.165) is 37.8 Å². The zero-order valence-corrected chi connectivity index (χ0v) is 17.5. The summed E-state index contributed by atoms with van der Waals surface area (Å²) in [7, 11) is 0. The fourth-order valence-electron chi connectivity index (χ4n) is 3.63. The predicted octanol–water partition coefficient (Wildman–Crippen LogP) is 3.72. The van der Waals surface area contributed by atoms with Crippen molar-refractivity contribution in [3.05, 3.63) is 48.5 Å². The van der Waals surface area contributed by atoms with Crippen LogP contribution in [0.4, 0.5) is 0 Å². The predicted molar refractivity (Wildman–Crippen MR) is 114 cm³/mol. The Labute approximate surface area is 168 Å². The van der Waals surface area contributed by atoms with Gasteiger partial charge in [-0.05, 0) is 50.8 Å². The molecule has 1 N–H and O–H groups in total. The van der Waals surface area contributed by atoms with Gasteiger partial charge in [-0.15, -0.1) is 0 Å². The monoisotopic (exact) mass is 383 g/mol. The number of nitrogens with one attached hydrogen (secondary N) is 1. The van der Waals surface area contributed by atoms with Crippen molar-refractivity contribution in [1.82, 2.24) is 19.8 Å². The molecule has 1 saturated heterocycles. The molecule has 0 aliphatic carbocycles. The molecule has 152 valence electrons. The zero-order valence-electron chi connectivity index (χ0n) is 17.5. The molecule has 1 aromatic heterocycles. The highest BCUT2D eigenvalue weighted by Gasteiger charge is 2.28. The first-order valence-electron chi connectivity index (χ1n) is 10.3. The number of benzene rings is 1. The van der Waals surface area contributed by atoms with Crippen molar-refractivity contribution in [2.45, 2.75) is 52.8 Å². The van der Waals surface area contributed by atoms with Crippen LogP contribution in [-0.4, -0.2) is 46.1 Å². The van der Waals surface area contributed by atoms with Gasteiger partial charge < -0.3 is 19.5 Å². The van der Waals surface area contributed by atoms with Crippen LogP contribution < -0.4 is 10.1 Å². The molecule has 1 fully saturated rings. The molecule has 28 heavy (non-hydrogen) atoms. The van der Waals surface area contributed by atoms with Crippen LogP contribution in [0.5, 0.6) is 5.75 Å². The van der Waals surface area contributed by atoms with E-state index in [1.54, 1.807) is 0 Å². The van der Waals surface area contributed by atoms with E-state index < -0.39 is 0 Å². The number of aromatic nitrogens is 2. The number of hydrogen-bond acceptors (Lipinski definition) is 3. The van der Waals surface area contributed by atoms with Gasteiger partial charge in [-0.3, -0.25) is 0 Å². The van der Waals surface area contributed by atoms with Gasteiger partial charge in [0.15, 0.2) is 5.96 Å². The lowest BCUT2D eigenvalue weighted by atomic mass is 9.93. The Morgan fingerprint density at radius 3 is 2.75 bits per heavy atom. The molecule has 0 radical (unpaired) electrons. The number of piperidine rings is 1. The lowest BCUT2D eigenvalue weighted by Gasteiger charge is -2.39. The molecule has 0 spiro atoms. The second-order valence-electron chi connectivity index (χ2n) is 7.77. The van der Waals surface area contributed by atoms with Crippen LogP contribution in [0, 0.1) is 5.92 Å². The second-order valence-corrected chi connectivity index (χ2v) is 7.77. The Morgan fingerprint density at radius 2 is 2.11 bits per heavy atom. The third-order valence-corrected chi connectivity index (χ3v) is 5.17. The number of rotatable bonds is 6. The lowest BCUT2D eigenvalue weighted by Crippen LogP contribution is -2.49. The number of aliphatic imine (C=N–C) groups is 1. The van der Waals surface area contributed by atoms with Crippen LogP contribution in [-0.2, 0) is 6.54 Å². The average Bonchev–Trinajstić information content (AvgIpc) is 3.21. The minimum absolute atomic E-state index is 0.189. The summed E-state index contributed by atoms with van der Waals surface area (Å²) in [5, 5.41) is 3.47. The Morgan fingerprint density at radius 1 is 1.32 bits per heavy atom. The largest absolute Gasteiger partial charge is 0.491 e. The Kier molecular flexibility index (Phi) is 6.95. The zero-order chi connectivity index (χ0) is 19.9. The summed E-state index contributed by atoms with van der Waals surface area (Å²) in [6.07, 6.45) is 7.19. The summed E-state index contributed by atoms with van der Waals surface area (Å²) >= 11 is 0. The van der Waals surface area contributed by atoms with E-state index in [1.165, 1.54) is 5.56 Å². The first kappa shape index (κ1) is 20.2. The molecule has 1 aromatic carbocycles. The standard InChI is InChI=1S/C22H33N5O/c1-5-24-22(25-14-19-6-8-20(9-7-19)28-17(2)3)26-12-10-18(4)21(15-26)27-13-11-23-16-27/h6-9,11,13,16-18,21H,5,10,12,14-15H2,1-4H3,(H,24,25). The summed E-state index contributed by atoms with van der Waals surface area (Å²) in [6, 6.07) is 8.66. The molecule has 6 nitrogen and oxygen atoms in total. The molecule has 2 atom stereocenters. The Bertz CT molecular complexity index is 739. The van der Waals surface area contributed by atoms with Crippen LogP contribution in [0.2, 0.25) is 0 Å². The Hall–Kier alpha value is -2.50. The van der Waals surface area contributed by atoms with Crippen LogP contribution in [0.25, 0.3) is 0 Å². The van der Waals surface area contributed by atoms with E-state index in [1.807, 2.05) is 38.5 Å². The summed E-state index contributed by atoms with van der Waals surface area (Å²) < 4.78 is 7.95. The van der Waals surface area contributed by atoms with Crippen LogP contribution >= 0.6 is 0 Å². The second kappa shape index (κ2) is 9.62. The van der Waals surface area contributed by atoms with E-state index in [4.69, 9.17) is 9.73 Å². The average molecular weight is 384 g/mol. The third kappa shape index (κ3) is 5.27. The maximum absolute atomic E-state index is 5.72.